The highest BCUT2D eigenvalue weighted by molar-refractivity contribution is 5.79. The van der Waals surface area contributed by atoms with E-state index in [9.17, 15) is 4.39 Å². The number of nitrogens with one attached hydrogen (secondary N) is 2. The van der Waals surface area contributed by atoms with Gasteiger partial charge in [-0.25, -0.2) is 9.37 Å². The molecule has 8 heteroatoms. The Balaban J connectivity index is 1.62. The third kappa shape index (κ3) is 6.13. The van der Waals surface area contributed by atoms with Crippen LogP contribution in [-0.4, -0.2) is 62.8 Å². The van der Waals surface area contributed by atoms with Crippen LogP contribution in [0.25, 0.3) is 0 Å². The minimum absolute atomic E-state index is 0.0907. The van der Waals surface area contributed by atoms with Crippen molar-refractivity contribution in [3.8, 4) is 5.88 Å². The van der Waals surface area contributed by atoms with Crippen LogP contribution >= 0.6 is 0 Å². The summed E-state index contributed by atoms with van der Waals surface area (Å²) in [7, 11) is 3.33. The lowest BCUT2D eigenvalue weighted by Gasteiger charge is -2.35. The Morgan fingerprint density at radius 3 is 2.66 bits per heavy atom. The van der Waals surface area contributed by atoms with Crippen LogP contribution in [0.3, 0.4) is 0 Å². The number of halogens is 1. The minimum Gasteiger partial charge on any atom is -0.481 e. The molecule has 1 aliphatic rings. The van der Waals surface area contributed by atoms with Gasteiger partial charge in [0.05, 0.1) is 38.6 Å². The third-order valence-corrected chi connectivity index (χ3v) is 4.85. The molecule has 0 aliphatic carbocycles. The van der Waals surface area contributed by atoms with Crippen molar-refractivity contribution in [1.82, 2.24) is 20.5 Å². The van der Waals surface area contributed by atoms with E-state index in [0.717, 1.165) is 24.3 Å². The van der Waals surface area contributed by atoms with Gasteiger partial charge in [0.15, 0.2) is 5.96 Å². The molecule has 2 aromatic rings. The van der Waals surface area contributed by atoms with E-state index in [0.29, 0.717) is 38.1 Å². The Morgan fingerprint density at radius 2 is 1.97 bits per heavy atom. The molecule has 1 unspecified atom stereocenters. The number of benzene rings is 1. The molecule has 3 rings (SSSR count). The van der Waals surface area contributed by atoms with E-state index in [2.05, 4.69) is 25.5 Å². The Kier molecular flexibility index (Phi) is 7.77. The molecule has 0 amide bonds. The highest BCUT2D eigenvalue weighted by Crippen LogP contribution is 2.21. The molecular weight excluding hydrogens is 373 g/mol. The molecule has 2 N–H and O–H groups in total. The number of hydrogen-bond acceptors (Lipinski definition) is 5. The summed E-state index contributed by atoms with van der Waals surface area (Å²) >= 11 is 0. The fraction of sp³-hybridized carbons (Fsp3) is 0.429. The summed E-state index contributed by atoms with van der Waals surface area (Å²) in [5.74, 6) is 1.02. The maximum Gasteiger partial charge on any atom is 0.213 e. The first-order chi connectivity index (χ1) is 14.2. The second-order valence-electron chi connectivity index (χ2n) is 6.69. The summed E-state index contributed by atoms with van der Waals surface area (Å²) in [4.78, 5) is 11.0. The monoisotopic (exact) mass is 401 g/mol. The first-order valence-electron chi connectivity index (χ1n) is 9.71. The number of guanidine groups is 1. The van der Waals surface area contributed by atoms with E-state index in [1.54, 1.807) is 14.2 Å². The average molecular weight is 401 g/mol. The van der Waals surface area contributed by atoms with Gasteiger partial charge in [0, 0.05) is 32.7 Å². The van der Waals surface area contributed by atoms with E-state index in [4.69, 9.17) is 9.47 Å². The van der Waals surface area contributed by atoms with Gasteiger partial charge in [-0.2, -0.15) is 0 Å². The molecule has 29 heavy (non-hydrogen) atoms. The van der Waals surface area contributed by atoms with Gasteiger partial charge in [-0.15, -0.1) is 0 Å². The van der Waals surface area contributed by atoms with Crippen molar-refractivity contribution in [1.29, 1.82) is 0 Å². The number of methoxy groups -OCH3 is 1. The van der Waals surface area contributed by atoms with Crippen molar-refractivity contribution >= 4 is 5.96 Å². The van der Waals surface area contributed by atoms with Crippen LogP contribution in [0, 0.1) is 5.82 Å². The quantitative estimate of drug-likeness (QED) is 0.546. The molecule has 0 spiro atoms. The van der Waals surface area contributed by atoms with E-state index in [1.807, 2.05) is 30.3 Å². The topological polar surface area (TPSA) is 71.0 Å². The van der Waals surface area contributed by atoms with Gasteiger partial charge in [0.25, 0.3) is 0 Å². The van der Waals surface area contributed by atoms with E-state index < -0.39 is 0 Å². The van der Waals surface area contributed by atoms with Gasteiger partial charge in [-0.1, -0.05) is 18.2 Å². The molecule has 1 atom stereocenters. The maximum atomic E-state index is 13.4. The van der Waals surface area contributed by atoms with Crippen LogP contribution in [0.4, 0.5) is 4.39 Å². The minimum atomic E-state index is -0.231. The zero-order valence-corrected chi connectivity index (χ0v) is 16.9. The van der Waals surface area contributed by atoms with Crippen LogP contribution in [0.2, 0.25) is 0 Å². The van der Waals surface area contributed by atoms with Gasteiger partial charge < -0.3 is 20.1 Å². The molecule has 1 fully saturated rings. The van der Waals surface area contributed by atoms with Gasteiger partial charge in [-0.05, 0) is 23.8 Å². The molecule has 1 aliphatic heterocycles. The predicted molar refractivity (Wildman–Crippen MR) is 111 cm³/mol. The van der Waals surface area contributed by atoms with Crippen molar-refractivity contribution in [3.63, 3.8) is 0 Å². The maximum absolute atomic E-state index is 13.4. The second-order valence-corrected chi connectivity index (χ2v) is 6.69. The lowest BCUT2D eigenvalue weighted by atomic mass is 10.0. The van der Waals surface area contributed by atoms with Crippen LogP contribution in [0.5, 0.6) is 5.88 Å². The Hall–Kier alpha value is -2.71. The first-order valence-corrected chi connectivity index (χ1v) is 9.71. The molecule has 1 aromatic carbocycles. The van der Waals surface area contributed by atoms with Crippen LogP contribution in [0.1, 0.15) is 17.3 Å². The lowest BCUT2D eigenvalue weighted by molar-refractivity contribution is 0.0170. The first kappa shape index (κ1) is 21.0. The number of morpholine rings is 1. The number of rotatable bonds is 7. The predicted octanol–water partition coefficient (Wildman–Crippen LogP) is 1.97. The van der Waals surface area contributed by atoms with E-state index in [1.165, 1.54) is 12.1 Å². The second kappa shape index (κ2) is 10.7. The van der Waals surface area contributed by atoms with Gasteiger partial charge in [0.2, 0.25) is 5.88 Å². The molecule has 156 valence electrons. The summed E-state index contributed by atoms with van der Waals surface area (Å²) in [6.07, 6.45) is 0. The molecule has 2 heterocycles. The average Bonchev–Trinajstić information content (AvgIpc) is 2.78. The molecule has 1 aromatic heterocycles. The third-order valence-electron chi connectivity index (χ3n) is 4.85. The smallest absolute Gasteiger partial charge is 0.213 e. The van der Waals surface area contributed by atoms with Crippen molar-refractivity contribution in [3.05, 3.63) is 59.5 Å². The van der Waals surface area contributed by atoms with Gasteiger partial charge in [0.1, 0.15) is 5.82 Å². The van der Waals surface area contributed by atoms with E-state index >= 15 is 0 Å². The SMILES string of the molecule is CN=C(NCc1cccc(OC)n1)NCC(c1ccc(F)cc1)N1CCOCC1. The number of nitrogens with zero attached hydrogens (tertiary/aromatic N) is 3. The summed E-state index contributed by atoms with van der Waals surface area (Å²) in [6.45, 7) is 4.23. The Bertz CT molecular complexity index is 794. The van der Waals surface area contributed by atoms with Crippen LogP contribution in [-0.2, 0) is 11.3 Å². The largest absolute Gasteiger partial charge is 0.481 e. The van der Waals surface area contributed by atoms with Crippen LogP contribution < -0.4 is 15.4 Å². The van der Waals surface area contributed by atoms with Gasteiger partial charge >= 0.3 is 0 Å². The molecule has 0 bridgehead atoms. The van der Waals surface area contributed by atoms with Crippen molar-refractivity contribution in [2.45, 2.75) is 12.6 Å². The standard InChI is InChI=1S/C21H28FN5O2/c1-23-21(24-14-18-4-3-5-20(26-18)28-2)25-15-19(27-10-12-29-13-11-27)16-6-8-17(22)9-7-16/h3-9,19H,10-15H2,1-2H3,(H2,23,24,25). The number of hydrogen-bond donors (Lipinski definition) is 2. The number of ether oxygens (including phenoxy) is 2. The van der Waals surface area contributed by atoms with E-state index in [-0.39, 0.29) is 11.9 Å². The number of aromatic nitrogens is 1. The molecule has 1 saturated heterocycles. The highest BCUT2D eigenvalue weighted by atomic mass is 19.1. The molecular formula is C21H28FN5O2. The summed E-state index contributed by atoms with van der Waals surface area (Å²) in [5.41, 5.74) is 1.92. The van der Waals surface area contributed by atoms with Gasteiger partial charge in [-0.3, -0.25) is 9.89 Å². The fourth-order valence-electron chi connectivity index (χ4n) is 3.29. The van der Waals surface area contributed by atoms with Crippen LogP contribution in [0.15, 0.2) is 47.5 Å². The van der Waals surface area contributed by atoms with Crippen molar-refractivity contribution in [2.24, 2.45) is 4.99 Å². The fourth-order valence-corrected chi connectivity index (χ4v) is 3.29. The Morgan fingerprint density at radius 1 is 1.21 bits per heavy atom. The molecule has 0 radical (unpaired) electrons. The zero-order valence-electron chi connectivity index (χ0n) is 16.9. The summed E-state index contributed by atoms with van der Waals surface area (Å²) in [6, 6.07) is 12.4. The van der Waals surface area contributed by atoms with Crippen molar-refractivity contribution < 1.29 is 13.9 Å². The molecule has 7 nitrogen and oxygen atoms in total. The highest BCUT2D eigenvalue weighted by Gasteiger charge is 2.23. The van der Waals surface area contributed by atoms with Crippen molar-refractivity contribution in [2.75, 3.05) is 47.0 Å². The lowest BCUT2D eigenvalue weighted by Crippen LogP contribution is -2.46. The summed E-state index contributed by atoms with van der Waals surface area (Å²) in [5, 5.41) is 6.66. The Labute approximate surface area is 170 Å². The molecule has 0 saturated carbocycles. The number of aliphatic imine (C=N–C) groups is 1. The normalized spacial score (nSPS) is 16.3. The summed E-state index contributed by atoms with van der Waals surface area (Å²) < 4.78 is 24.0. The number of pyridine rings is 1. The zero-order chi connectivity index (χ0) is 20.5.